The summed E-state index contributed by atoms with van der Waals surface area (Å²) in [6.07, 6.45) is 5.18. The van der Waals surface area contributed by atoms with Crippen LogP contribution in [-0.4, -0.2) is 32.2 Å². The molecule has 0 aliphatic carbocycles. The van der Waals surface area contributed by atoms with E-state index >= 15 is 0 Å². The number of amidine groups is 1. The summed E-state index contributed by atoms with van der Waals surface area (Å²) in [6.45, 7) is 3.70. The first-order valence-electron chi connectivity index (χ1n) is 9.59. The summed E-state index contributed by atoms with van der Waals surface area (Å²) in [5, 5.41) is 0. The van der Waals surface area contributed by atoms with Gasteiger partial charge in [0.25, 0.3) is 10.0 Å². The van der Waals surface area contributed by atoms with Crippen LogP contribution in [0.25, 0.3) is 0 Å². The van der Waals surface area contributed by atoms with E-state index < -0.39 is 10.0 Å². The Hall–Kier alpha value is -2.18. The van der Waals surface area contributed by atoms with Crippen molar-refractivity contribution >= 4 is 15.9 Å². The van der Waals surface area contributed by atoms with E-state index in [-0.39, 0.29) is 0 Å². The van der Waals surface area contributed by atoms with E-state index in [4.69, 9.17) is 0 Å². The second kappa shape index (κ2) is 7.82. The maximum Gasteiger partial charge on any atom is 0.263 e. The third-order valence-electron chi connectivity index (χ3n) is 5.28. The highest BCUT2D eigenvalue weighted by Crippen LogP contribution is 2.23. The van der Waals surface area contributed by atoms with Gasteiger partial charge in [-0.2, -0.15) is 0 Å². The van der Waals surface area contributed by atoms with Gasteiger partial charge in [-0.05, 0) is 49.2 Å². The van der Waals surface area contributed by atoms with Crippen molar-refractivity contribution in [2.24, 2.45) is 4.99 Å². The van der Waals surface area contributed by atoms with Crippen molar-refractivity contribution in [3.05, 3.63) is 65.2 Å². The van der Waals surface area contributed by atoms with E-state index in [1.165, 1.54) is 31.2 Å². The molecule has 2 aliphatic rings. The van der Waals surface area contributed by atoms with Crippen molar-refractivity contribution in [2.75, 3.05) is 13.1 Å². The maximum absolute atomic E-state index is 12.2. The van der Waals surface area contributed by atoms with Crippen LogP contribution < -0.4 is 4.72 Å². The molecule has 2 heterocycles. The van der Waals surface area contributed by atoms with Crippen LogP contribution in [0.15, 0.2) is 58.4 Å². The molecule has 142 valence electrons. The monoisotopic (exact) mass is 383 g/mol. The first kappa shape index (κ1) is 18.2. The van der Waals surface area contributed by atoms with Gasteiger partial charge in [0.2, 0.25) is 0 Å². The fraction of sp³-hybridized carbons (Fsp3) is 0.381. The van der Waals surface area contributed by atoms with Crippen LogP contribution in [0.1, 0.15) is 42.4 Å². The Balaban J connectivity index is 1.55. The predicted molar refractivity (Wildman–Crippen MR) is 107 cm³/mol. The smallest absolute Gasteiger partial charge is 0.263 e. The molecule has 0 amide bonds. The van der Waals surface area contributed by atoms with Gasteiger partial charge < -0.3 is 0 Å². The molecule has 2 aromatic rings. The summed E-state index contributed by atoms with van der Waals surface area (Å²) >= 11 is 0. The zero-order valence-corrected chi connectivity index (χ0v) is 16.2. The van der Waals surface area contributed by atoms with Crippen molar-refractivity contribution in [3.63, 3.8) is 0 Å². The highest BCUT2D eigenvalue weighted by molar-refractivity contribution is 7.90. The van der Waals surface area contributed by atoms with E-state index in [1.54, 1.807) is 18.2 Å². The minimum Gasteiger partial charge on any atom is -0.299 e. The lowest BCUT2D eigenvalue weighted by atomic mass is 10.1. The molecule has 1 fully saturated rings. The Morgan fingerprint density at radius 3 is 2.33 bits per heavy atom. The normalized spacial score (nSPS) is 20.8. The standard InChI is InChI=1S/C21H25N3O2S/c25-27(26)20-12-6-5-11-19(20)21(23-27)22-15-17-9-3-4-10-18(17)16-24-13-7-1-2-8-14-24/h3-6,9-12H,1-2,7-8,13-16H2,(H,22,23). The van der Waals surface area contributed by atoms with Gasteiger partial charge in [0, 0.05) is 12.1 Å². The Bertz CT molecular complexity index is 945. The van der Waals surface area contributed by atoms with E-state index in [1.807, 2.05) is 12.1 Å². The molecule has 2 aromatic carbocycles. The second-order valence-corrected chi connectivity index (χ2v) is 8.88. The van der Waals surface area contributed by atoms with Crippen LogP contribution in [-0.2, 0) is 23.1 Å². The molecule has 27 heavy (non-hydrogen) atoms. The van der Waals surface area contributed by atoms with Gasteiger partial charge in [-0.1, -0.05) is 49.2 Å². The van der Waals surface area contributed by atoms with Gasteiger partial charge in [-0.25, -0.2) is 8.42 Å². The van der Waals surface area contributed by atoms with E-state index in [2.05, 4.69) is 32.8 Å². The first-order chi connectivity index (χ1) is 13.1. The molecule has 0 saturated carbocycles. The third-order valence-corrected chi connectivity index (χ3v) is 6.68. The number of fused-ring (bicyclic) bond motifs is 1. The molecule has 0 bridgehead atoms. The number of aliphatic imine (C=N–C) groups is 1. The minimum absolute atomic E-state index is 0.307. The summed E-state index contributed by atoms with van der Waals surface area (Å²) in [4.78, 5) is 7.44. The van der Waals surface area contributed by atoms with Crippen LogP contribution in [0.2, 0.25) is 0 Å². The third kappa shape index (κ3) is 4.06. The van der Waals surface area contributed by atoms with Crippen molar-refractivity contribution in [3.8, 4) is 0 Å². The van der Waals surface area contributed by atoms with Crippen molar-refractivity contribution < 1.29 is 8.42 Å². The van der Waals surface area contributed by atoms with Crippen molar-refractivity contribution in [1.29, 1.82) is 0 Å². The van der Waals surface area contributed by atoms with Gasteiger partial charge >= 0.3 is 0 Å². The molecule has 0 unspecified atom stereocenters. The lowest BCUT2D eigenvalue weighted by molar-refractivity contribution is 0.276. The first-order valence-corrected chi connectivity index (χ1v) is 11.1. The molecule has 0 spiro atoms. The lowest BCUT2D eigenvalue weighted by Gasteiger charge is -2.21. The summed E-state index contributed by atoms with van der Waals surface area (Å²) in [5.41, 5.74) is 3.08. The predicted octanol–water partition coefficient (Wildman–Crippen LogP) is 3.30. The highest BCUT2D eigenvalue weighted by atomic mass is 32.2. The van der Waals surface area contributed by atoms with Crippen LogP contribution in [0.4, 0.5) is 0 Å². The Labute approximate surface area is 161 Å². The Kier molecular flexibility index (Phi) is 5.27. The Morgan fingerprint density at radius 2 is 1.56 bits per heavy atom. The lowest BCUT2D eigenvalue weighted by Crippen LogP contribution is -2.24. The summed E-state index contributed by atoms with van der Waals surface area (Å²) < 4.78 is 27.1. The number of hydrogen-bond acceptors (Lipinski definition) is 4. The molecule has 4 rings (SSSR count). The minimum atomic E-state index is -3.49. The maximum atomic E-state index is 12.2. The highest BCUT2D eigenvalue weighted by Gasteiger charge is 2.30. The van der Waals surface area contributed by atoms with E-state index in [9.17, 15) is 8.42 Å². The fourth-order valence-electron chi connectivity index (χ4n) is 3.82. The quantitative estimate of drug-likeness (QED) is 0.881. The molecule has 0 radical (unpaired) electrons. The average molecular weight is 384 g/mol. The van der Waals surface area contributed by atoms with Gasteiger partial charge in [-0.15, -0.1) is 0 Å². The number of rotatable bonds is 4. The molecule has 5 nitrogen and oxygen atoms in total. The zero-order valence-electron chi connectivity index (χ0n) is 15.4. The zero-order chi connectivity index (χ0) is 18.7. The number of benzene rings is 2. The van der Waals surface area contributed by atoms with Crippen LogP contribution in [0.3, 0.4) is 0 Å². The van der Waals surface area contributed by atoms with Gasteiger partial charge in [0.1, 0.15) is 5.84 Å². The van der Waals surface area contributed by atoms with E-state index in [0.29, 0.717) is 22.8 Å². The summed E-state index contributed by atoms with van der Waals surface area (Å²) in [7, 11) is -3.49. The molecule has 2 aliphatic heterocycles. The van der Waals surface area contributed by atoms with E-state index in [0.717, 1.165) is 25.2 Å². The van der Waals surface area contributed by atoms with Crippen LogP contribution in [0.5, 0.6) is 0 Å². The number of likely N-dealkylation sites (tertiary alicyclic amines) is 1. The van der Waals surface area contributed by atoms with Crippen LogP contribution >= 0.6 is 0 Å². The molecule has 0 atom stereocenters. The summed E-state index contributed by atoms with van der Waals surface area (Å²) in [6, 6.07) is 15.3. The molecular weight excluding hydrogens is 358 g/mol. The molecule has 1 saturated heterocycles. The van der Waals surface area contributed by atoms with Gasteiger partial charge in [0.05, 0.1) is 11.4 Å². The van der Waals surface area contributed by atoms with Crippen molar-refractivity contribution in [2.45, 2.75) is 43.7 Å². The number of hydrogen-bond donors (Lipinski definition) is 1. The van der Waals surface area contributed by atoms with Crippen molar-refractivity contribution in [1.82, 2.24) is 9.62 Å². The van der Waals surface area contributed by atoms with Gasteiger partial charge in [-0.3, -0.25) is 14.6 Å². The molecular formula is C21H25N3O2S. The largest absolute Gasteiger partial charge is 0.299 e. The fourth-order valence-corrected chi connectivity index (χ4v) is 5.07. The number of sulfonamides is 1. The SMILES string of the molecule is O=S1(=O)NC(=NCc2ccccc2CN2CCCCCC2)c2ccccc21. The summed E-state index contributed by atoms with van der Waals surface area (Å²) in [5.74, 6) is 0.440. The Morgan fingerprint density at radius 1 is 0.889 bits per heavy atom. The number of nitrogens with one attached hydrogen (secondary N) is 1. The second-order valence-electron chi connectivity index (χ2n) is 7.23. The number of nitrogens with zero attached hydrogens (tertiary/aromatic N) is 2. The average Bonchev–Trinajstić information content (AvgIpc) is 2.83. The molecule has 6 heteroatoms. The van der Waals surface area contributed by atoms with Crippen LogP contribution in [0, 0.1) is 0 Å². The molecule has 1 N–H and O–H groups in total. The molecule has 0 aromatic heterocycles. The van der Waals surface area contributed by atoms with Gasteiger partial charge in [0.15, 0.2) is 0 Å². The topological polar surface area (TPSA) is 61.8 Å².